The second kappa shape index (κ2) is 11.2. The van der Waals surface area contributed by atoms with E-state index in [2.05, 4.69) is 12.2 Å². The molecule has 1 saturated heterocycles. The number of halogens is 3. The number of amides is 2. The number of hydrogen-bond donors (Lipinski definition) is 1. The summed E-state index contributed by atoms with van der Waals surface area (Å²) in [4.78, 5) is 28.6. The Bertz CT molecular complexity index is 940. The van der Waals surface area contributed by atoms with Gasteiger partial charge in [-0.15, -0.1) is 0 Å². The summed E-state index contributed by atoms with van der Waals surface area (Å²) in [7, 11) is 0. The number of ether oxygens (including phenoxy) is 1. The first kappa shape index (κ1) is 24.6. The van der Waals surface area contributed by atoms with E-state index in [9.17, 15) is 22.8 Å². The third kappa shape index (κ3) is 6.95. The summed E-state index contributed by atoms with van der Waals surface area (Å²) >= 11 is 0. The quantitative estimate of drug-likeness (QED) is 0.594. The minimum atomic E-state index is -4.55. The lowest BCUT2D eigenvalue weighted by Gasteiger charge is -2.34. The maximum Gasteiger partial charge on any atom is 0.418 e. The van der Waals surface area contributed by atoms with Crippen LogP contribution in [-0.2, 0) is 11.0 Å². The number of piperazine rings is 1. The van der Waals surface area contributed by atoms with E-state index in [0.29, 0.717) is 38.3 Å². The summed E-state index contributed by atoms with van der Waals surface area (Å²) in [6.45, 7) is 4.46. The lowest BCUT2D eigenvalue weighted by molar-refractivity contribution is -0.137. The Hall–Kier alpha value is -3.07. The molecule has 2 aromatic rings. The predicted molar refractivity (Wildman–Crippen MR) is 119 cm³/mol. The van der Waals surface area contributed by atoms with Crippen molar-refractivity contribution < 1.29 is 27.5 Å². The van der Waals surface area contributed by atoms with Gasteiger partial charge >= 0.3 is 6.18 Å². The van der Waals surface area contributed by atoms with Crippen molar-refractivity contribution in [2.45, 2.75) is 25.9 Å². The Balaban J connectivity index is 1.48. The lowest BCUT2D eigenvalue weighted by atomic mass is 10.1. The second-order valence-electron chi connectivity index (χ2n) is 7.89. The maximum atomic E-state index is 13.1. The highest BCUT2D eigenvalue weighted by Crippen LogP contribution is 2.34. The number of unbranched alkanes of at least 4 members (excludes halogenated alkanes) is 1. The van der Waals surface area contributed by atoms with E-state index in [1.165, 1.54) is 18.2 Å². The fourth-order valence-electron chi connectivity index (χ4n) is 3.55. The Labute approximate surface area is 191 Å². The number of para-hydroxylation sites is 1. The summed E-state index contributed by atoms with van der Waals surface area (Å²) in [6, 6.07) is 11.9. The summed E-state index contributed by atoms with van der Waals surface area (Å²) < 4.78 is 44.9. The van der Waals surface area contributed by atoms with E-state index >= 15 is 0 Å². The molecule has 33 heavy (non-hydrogen) atoms. The molecule has 9 heteroatoms. The molecule has 1 N–H and O–H groups in total. The van der Waals surface area contributed by atoms with Gasteiger partial charge in [-0.25, -0.2) is 0 Å². The largest absolute Gasteiger partial charge is 0.494 e. The van der Waals surface area contributed by atoms with Gasteiger partial charge in [-0.05, 0) is 42.8 Å². The normalized spacial score (nSPS) is 14.7. The molecule has 1 fully saturated rings. The van der Waals surface area contributed by atoms with Gasteiger partial charge in [-0.1, -0.05) is 25.5 Å². The van der Waals surface area contributed by atoms with Crippen LogP contribution >= 0.6 is 0 Å². The van der Waals surface area contributed by atoms with Crippen LogP contribution in [0, 0.1) is 0 Å². The molecule has 2 amide bonds. The van der Waals surface area contributed by atoms with Crippen LogP contribution in [0.1, 0.15) is 35.7 Å². The highest BCUT2D eigenvalue weighted by molar-refractivity contribution is 5.95. The SMILES string of the molecule is CCCCOc1ccc(C(=O)N2CCN(CC(=O)Nc3ccccc3C(F)(F)F)CC2)cc1. The minimum Gasteiger partial charge on any atom is -0.494 e. The molecule has 0 unspecified atom stereocenters. The average Bonchev–Trinajstić information content (AvgIpc) is 2.79. The number of benzene rings is 2. The number of carbonyl (C=O) groups excluding carboxylic acids is 2. The first-order valence-electron chi connectivity index (χ1n) is 11.0. The molecular weight excluding hydrogens is 435 g/mol. The van der Waals surface area contributed by atoms with Crippen LogP contribution in [0.15, 0.2) is 48.5 Å². The molecule has 0 saturated carbocycles. The van der Waals surface area contributed by atoms with Crippen molar-refractivity contribution in [3.8, 4) is 5.75 Å². The van der Waals surface area contributed by atoms with E-state index < -0.39 is 17.6 Å². The third-order valence-corrected chi connectivity index (χ3v) is 5.40. The van der Waals surface area contributed by atoms with Gasteiger partial charge in [0, 0.05) is 31.7 Å². The summed E-state index contributed by atoms with van der Waals surface area (Å²) in [5.74, 6) is 0.103. The van der Waals surface area contributed by atoms with Crippen LogP contribution in [0.3, 0.4) is 0 Å². The average molecular weight is 464 g/mol. The van der Waals surface area contributed by atoms with Crippen molar-refractivity contribution in [3.63, 3.8) is 0 Å². The number of alkyl halides is 3. The molecule has 0 aliphatic carbocycles. The fraction of sp³-hybridized carbons (Fsp3) is 0.417. The van der Waals surface area contributed by atoms with Gasteiger partial charge in [0.25, 0.3) is 5.91 Å². The molecule has 2 aromatic carbocycles. The fourth-order valence-corrected chi connectivity index (χ4v) is 3.55. The van der Waals surface area contributed by atoms with E-state index in [4.69, 9.17) is 4.74 Å². The molecule has 1 heterocycles. The molecule has 1 aliphatic heterocycles. The number of rotatable bonds is 8. The van der Waals surface area contributed by atoms with Crippen LogP contribution in [0.25, 0.3) is 0 Å². The number of nitrogens with one attached hydrogen (secondary N) is 1. The highest BCUT2D eigenvalue weighted by Gasteiger charge is 2.33. The number of anilines is 1. The topological polar surface area (TPSA) is 61.9 Å². The van der Waals surface area contributed by atoms with E-state index in [1.807, 2.05) is 4.90 Å². The Morgan fingerprint density at radius 1 is 1.00 bits per heavy atom. The molecule has 1 aliphatic rings. The number of carbonyl (C=O) groups is 2. The van der Waals surface area contributed by atoms with E-state index in [1.54, 1.807) is 29.2 Å². The molecule has 178 valence electrons. The van der Waals surface area contributed by atoms with Gasteiger partial charge in [0.1, 0.15) is 5.75 Å². The Morgan fingerprint density at radius 2 is 1.67 bits per heavy atom. The summed E-state index contributed by atoms with van der Waals surface area (Å²) in [5, 5.41) is 2.35. The monoisotopic (exact) mass is 463 g/mol. The van der Waals surface area contributed by atoms with Crippen molar-refractivity contribution in [2.75, 3.05) is 44.6 Å². The van der Waals surface area contributed by atoms with E-state index in [-0.39, 0.29) is 18.1 Å². The smallest absolute Gasteiger partial charge is 0.418 e. The van der Waals surface area contributed by atoms with Crippen LogP contribution in [0.2, 0.25) is 0 Å². The molecule has 0 radical (unpaired) electrons. The van der Waals surface area contributed by atoms with Crippen LogP contribution in [-0.4, -0.2) is 60.9 Å². The highest BCUT2D eigenvalue weighted by atomic mass is 19.4. The van der Waals surface area contributed by atoms with Gasteiger partial charge < -0.3 is 15.0 Å². The first-order valence-corrected chi connectivity index (χ1v) is 11.0. The zero-order chi connectivity index (χ0) is 23.8. The van der Waals surface area contributed by atoms with Crippen molar-refractivity contribution in [1.29, 1.82) is 0 Å². The van der Waals surface area contributed by atoms with E-state index in [0.717, 1.165) is 24.7 Å². The summed E-state index contributed by atoms with van der Waals surface area (Å²) in [5.41, 5.74) is -0.575. The second-order valence-corrected chi connectivity index (χ2v) is 7.89. The van der Waals surface area contributed by atoms with Gasteiger partial charge in [0.05, 0.1) is 24.4 Å². The molecule has 6 nitrogen and oxygen atoms in total. The van der Waals surface area contributed by atoms with Crippen LogP contribution in [0.4, 0.5) is 18.9 Å². The Kier molecular flexibility index (Phi) is 8.32. The van der Waals surface area contributed by atoms with Crippen LogP contribution < -0.4 is 10.1 Å². The van der Waals surface area contributed by atoms with Gasteiger partial charge in [-0.3, -0.25) is 14.5 Å². The molecule has 0 spiro atoms. The van der Waals surface area contributed by atoms with Gasteiger partial charge in [-0.2, -0.15) is 13.2 Å². The maximum absolute atomic E-state index is 13.1. The van der Waals surface area contributed by atoms with Gasteiger partial charge in [0.2, 0.25) is 5.91 Å². The molecule has 3 rings (SSSR count). The number of nitrogens with zero attached hydrogens (tertiary/aromatic N) is 2. The Morgan fingerprint density at radius 3 is 2.30 bits per heavy atom. The summed E-state index contributed by atoms with van der Waals surface area (Å²) in [6.07, 6.45) is -2.53. The molecule has 0 aromatic heterocycles. The van der Waals surface area contributed by atoms with Crippen molar-refractivity contribution in [2.24, 2.45) is 0 Å². The zero-order valence-corrected chi connectivity index (χ0v) is 18.5. The van der Waals surface area contributed by atoms with Gasteiger partial charge in [0.15, 0.2) is 0 Å². The molecule has 0 bridgehead atoms. The van der Waals surface area contributed by atoms with Crippen molar-refractivity contribution >= 4 is 17.5 Å². The zero-order valence-electron chi connectivity index (χ0n) is 18.5. The third-order valence-electron chi connectivity index (χ3n) is 5.40. The van der Waals surface area contributed by atoms with Crippen molar-refractivity contribution in [3.05, 3.63) is 59.7 Å². The molecular formula is C24H28F3N3O3. The van der Waals surface area contributed by atoms with Crippen molar-refractivity contribution in [1.82, 2.24) is 9.80 Å². The molecule has 0 atom stereocenters. The lowest BCUT2D eigenvalue weighted by Crippen LogP contribution is -2.50. The standard InChI is InChI=1S/C24H28F3N3O3/c1-2-3-16-33-19-10-8-18(9-11-19)23(32)30-14-12-29(13-15-30)17-22(31)28-21-7-5-4-6-20(21)24(25,26)27/h4-11H,2-3,12-17H2,1H3,(H,28,31). The van der Waals surface area contributed by atoms with Crippen LogP contribution in [0.5, 0.6) is 5.75 Å². The predicted octanol–water partition coefficient (Wildman–Crippen LogP) is 4.28. The first-order chi connectivity index (χ1) is 15.8. The minimum absolute atomic E-state index is 0.0436. The number of hydrogen-bond acceptors (Lipinski definition) is 4.